The molecule has 23 heavy (non-hydrogen) atoms. The van der Waals surface area contributed by atoms with Gasteiger partial charge in [-0.3, -0.25) is 9.69 Å². The number of carbonyl (C=O) groups is 1. The van der Waals surface area contributed by atoms with Crippen molar-refractivity contribution in [3.63, 3.8) is 0 Å². The van der Waals surface area contributed by atoms with Crippen molar-refractivity contribution in [2.45, 2.75) is 57.9 Å². The molecule has 1 saturated heterocycles. The van der Waals surface area contributed by atoms with Gasteiger partial charge in [-0.15, -0.1) is 0 Å². The van der Waals surface area contributed by atoms with Crippen molar-refractivity contribution < 1.29 is 9.90 Å². The Labute approximate surface area is 139 Å². The Kier molecular flexibility index (Phi) is 6.19. The lowest BCUT2D eigenvalue weighted by Crippen LogP contribution is -2.44. The van der Waals surface area contributed by atoms with Crippen LogP contribution in [-0.4, -0.2) is 41.7 Å². The van der Waals surface area contributed by atoms with E-state index >= 15 is 0 Å². The van der Waals surface area contributed by atoms with E-state index in [4.69, 9.17) is 0 Å². The van der Waals surface area contributed by atoms with Crippen LogP contribution in [0, 0.1) is 0 Å². The van der Waals surface area contributed by atoms with E-state index in [1.165, 1.54) is 6.42 Å². The molecule has 0 spiro atoms. The number of piperidine rings is 1. The minimum Gasteiger partial charge on any atom is -0.396 e. The molecule has 2 rings (SSSR count). The van der Waals surface area contributed by atoms with Crippen LogP contribution in [-0.2, 0) is 10.2 Å². The Bertz CT molecular complexity index is 520. The maximum absolute atomic E-state index is 12.5. The Morgan fingerprint density at radius 2 is 2.04 bits per heavy atom. The van der Waals surface area contributed by atoms with Gasteiger partial charge in [-0.2, -0.15) is 0 Å². The molecule has 1 amide bonds. The minimum absolute atomic E-state index is 0.00553. The molecule has 2 N–H and O–H groups in total. The van der Waals surface area contributed by atoms with Crippen LogP contribution in [0.2, 0.25) is 0 Å². The summed E-state index contributed by atoms with van der Waals surface area (Å²) in [7, 11) is 0. The normalized spacial score (nSPS) is 19.6. The van der Waals surface area contributed by atoms with Gasteiger partial charge in [0.2, 0.25) is 5.91 Å². The molecule has 1 heterocycles. The number of para-hydroxylation sites is 1. The number of hydrogen-bond acceptors (Lipinski definition) is 3. The summed E-state index contributed by atoms with van der Waals surface area (Å²) in [6.45, 7) is 8.00. The average Bonchev–Trinajstić information content (AvgIpc) is 2.49. The number of amides is 1. The van der Waals surface area contributed by atoms with Crippen LogP contribution in [0.4, 0.5) is 5.69 Å². The van der Waals surface area contributed by atoms with Crippen LogP contribution < -0.4 is 5.32 Å². The third kappa shape index (κ3) is 5.05. The van der Waals surface area contributed by atoms with Gasteiger partial charge in [0, 0.05) is 18.3 Å². The van der Waals surface area contributed by atoms with Crippen molar-refractivity contribution in [1.82, 2.24) is 4.90 Å². The molecule has 0 bridgehead atoms. The number of nitrogens with one attached hydrogen (secondary N) is 1. The highest BCUT2D eigenvalue weighted by molar-refractivity contribution is 5.93. The van der Waals surface area contributed by atoms with Gasteiger partial charge < -0.3 is 10.4 Å². The molecule has 1 fully saturated rings. The van der Waals surface area contributed by atoms with Crippen LogP contribution in [0.1, 0.15) is 52.0 Å². The standard InChI is InChI=1S/C19H30N2O2/c1-19(2,3)16-9-4-5-10-17(16)20-18(23)14-21-12-7-6-8-15(21)11-13-22/h4-5,9-10,15,22H,6-8,11-14H2,1-3H3,(H,20,23). The van der Waals surface area contributed by atoms with E-state index in [1.807, 2.05) is 18.2 Å². The second kappa shape index (κ2) is 7.93. The predicted octanol–water partition coefficient (Wildman–Crippen LogP) is 3.16. The van der Waals surface area contributed by atoms with Crippen LogP contribution in [0.5, 0.6) is 0 Å². The number of rotatable bonds is 5. The molecule has 1 aromatic carbocycles. The number of carbonyl (C=O) groups excluding carboxylic acids is 1. The minimum atomic E-state index is -0.00553. The van der Waals surface area contributed by atoms with E-state index in [0.29, 0.717) is 12.6 Å². The molecule has 0 aromatic heterocycles. The number of anilines is 1. The van der Waals surface area contributed by atoms with Gasteiger partial charge in [-0.05, 0) is 42.9 Å². The Balaban J connectivity index is 2.02. The molecule has 1 aromatic rings. The fraction of sp³-hybridized carbons (Fsp3) is 0.632. The summed E-state index contributed by atoms with van der Waals surface area (Å²) in [6.07, 6.45) is 4.15. The molecular weight excluding hydrogens is 288 g/mol. The summed E-state index contributed by atoms with van der Waals surface area (Å²) in [5.41, 5.74) is 2.05. The fourth-order valence-electron chi connectivity index (χ4n) is 3.36. The van der Waals surface area contributed by atoms with E-state index in [0.717, 1.165) is 37.1 Å². The summed E-state index contributed by atoms with van der Waals surface area (Å²) < 4.78 is 0. The summed E-state index contributed by atoms with van der Waals surface area (Å²) >= 11 is 0. The van der Waals surface area contributed by atoms with Crippen molar-refractivity contribution >= 4 is 11.6 Å². The molecule has 1 aliphatic heterocycles. The van der Waals surface area contributed by atoms with Gasteiger partial charge >= 0.3 is 0 Å². The highest BCUT2D eigenvalue weighted by Gasteiger charge is 2.24. The first-order valence-corrected chi connectivity index (χ1v) is 8.66. The molecular formula is C19H30N2O2. The van der Waals surface area contributed by atoms with E-state index < -0.39 is 0 Å². The quantitative estimate of drug-likeness (QED) is 0.877. The SMILES string of the molecule is CC(C)(C)c1ccccc1NC(=O)CN1CCCCC1CCO. The highest BCUT2D eigenvalue weighted by Crippen LogP contribution is 2.29. The molecule has 4 nitrogen and oxygen atoms in total. The van der Waals surface area contributed by atoms with Crippen molar-refractivity contribution in [3.8, 4) is 0 Å². The molecule has 0 saturated carbocycles. The number of aliphatic hydroxyl groups is 1. The molecule has 0 radical (unpaired) electrons. The van der Waals surface area contributed by atoms with E-state index in [-0.39, 0.29) is 17.9 Å². The van der Waals surface area contributed by atoms with Crippen molar-refractivity contribution in [1.29, 1.82) is 0 Å². The van der Waals surface area contributed by atoms with E-state index in [2.05, 4.69) is 37.1 Å². The van der Waals surface area contributed by atoms with Crippen LogP contribution in [0.25, 0.3) is 0 Å². The summed E-state index contributed by atoms with van der Waals surface area (Å²) in [5, 5.41) is 12.3. The number of benzene rings is 1. The van der Waals surface area contributed by atoms with Crippen molar-refractivity contribution in [2.24, 2.45) is 0 Å². The number of hydrogen-bond donors (Lipinski definition) is 2. The fourth-order valence-corrected chi connectivity index (χ4v) is 3.36. The second-order valence-corrected chi connectivity index (χ2v) is 7.48. The lowest BCUT2D eigenvalue weighted by Gasteiger charge is -2.35. The van der Waals surface area contributed by atoms with Crippen LogP contribution in [0.3, 0.4) is 0 Å². The zero-order valence-electron chi connectivity index (χ0n) is 14.6. The third-order valence-corrected chi connectivity index (χ3v) is 4.57. The first-order valence-electron chi connectivity index (χ1n) is 8.66. The topological polar surface area (TPSA) is 52.6 Å². The summed E-state index contributed by atoms with van der Waals surface area (Å²) in [6, 6.07) is 8.35. The van der Waals surface area contributed by atoms with Gasteiger partial charge in [0.15, 0.2) is 0 Å². The van der Waals surface area contributed by atoms with E-state index in [9.17, 15) is 9.90 Å². The van der Waals surface area contributed by atoms with Gasteiger partial charge in [-0.25, -0.2) is 0 Å². The summed E-state index contributed by atoms with van der Waals surface area (Å²) in [5.74, 6) is 0.0338. The van der Waals surface area contributed by atoms with Crippen molar-refractivity contribution in [2.75, 3.05) is 25.0 Å². The summed E-state index contributed by atoms with van der Waals surface area (Å²) in [4.78, 5) is 14.7. The molecule has 1 atom stereocenters. The third-order valence-electron chi connectivity index (χ3n) is 4.57. The largest absolute Gasteiger partial charge is 0.396 e. The molecule has 1 unspecified atom stereocenters. The van der Waals surface area contributed by atoms with Gasteiger partial charge in [0.05, 0.1) is 6.54 Å². The molecule has 1 aliphatic rings. The lowest BCUT2D eigenvalue weighted by molar-refractivity contribution is -0.118. The van der Waals surface area contributed by atoms with Crippen LogP contribution in [0.15, 0.2) is 24.3 Å². The number of aliphatic hydroxyl groups excluding tert-OH is 1. The van der Waals surface area contributed by atoms with Crippen LogP contribution >= 0.6 is 0 Å². The smallest absolute Gasteiger partial charge is 0.238 e. The Morgan fingerprint density at radius 1 is 1.30 bits per heavy atom. The van der Waals surface area contributed by atoms with Gasteiger partial charge in [-0.1, -0.05) is 45.4 Å². The number of nitrogens with zero attached hydrogens (tertiary/aromatic N) is 1. The molecule has 0 aliphatic carbocycles. The zero-order chi connectivity index (χ0) is 16.9. The second-order valence-electron chi connectivity index (χ2n) is 7.48. The monoisotopic (exact) mass is 318 g/mol. The highest BCUT2D eigenvalue weighted by atomic mass is 16.3. The predicted molar refractivity (Wildman–Crippen MR) is 94.7 cm³/mol. The van der Waals surface area contributed by atoms with E-state index in [1.54, 1.807) is 0 Å². The van der Waals surface area contributed by atoms with Gasteiger partial charge in [0.25, 0.3) is 0 Å². The molecule has 4 heteroatoms. The Hall–Kier alpha value is -1.39. The van der Waals surface area contributed by atoms with Crippen molar-refractivity contribution in [3.05, 3.63) is 29.8 Å². The lowest BCUT2D eigenvalue weighted by atomic mass is 9.86. The van der Waals surface area contributed by atoms with Gasteiger partial charge in [0.1, 0.15) is 0 Å². The Morgan fingerprint density at radius 3 is 2.74 bits per heavy atom. The first-order chi connectivity index (χ1) is 10.9. The molecule has 128 valence electrons. The zero-order valence-corrected chi connectivity index (χ0v) is 14.6. The number of likely N-dealkylation sites (tertiary alicyclic amines) is 1. The maximum atomic E-state index is 12.5. The first kappa shape index (κ1) is 18.0. The average molecular weight is 318 g/mol. The maximum Gasteiger partial charge on any atom is 0.238 e.